The average molecular weight is 430 g/mol. The summed E-state index contributed by atoms with van der Waals surface area (Å²) in [6, 6.07) is 12.8. The number of Topliss-reactive ketones (excluding diaryl/α,β-unsaturated/α-hetero) is 1. The molecule has 0 bridgehead atoms. The predicted molar refractivity (Wildman–Crippen MR) is 123 cm³/mol. The van der Waals surface area contributed by atoms with Crippen molar-refractivity contribution < 1.29 is 4.79 Å². The SMILES string of the molecule is C[C@@H](CC1CC[C@H](c2ccc(C(=O)CC3CCNCC3)cc2)C1)c1ccc(Cl)s1. The van der Waals surface area contributed by atoms with Gasteiger partial charge in [0.05, 0.1) is 4.34 Å². The topological polar surface area (TPSA) is 29.1 Å². The van der Waals surface area contributed by atoms with Gasteiger partial charge < -0.3 is 5.32 Å². The quantitative estimate of drug-likeness (QED) is 0.477. The van der Waals surface area contributed by atoms with Gasteiger partial charge in [0.1, 0.15) is 0 Å². The minimum atomic E-state index is 0.316. The van der Waals surface area contributed by atoms with E-state index in [1.165, 1.54) is 36.1 Å². The second-order valence-corrected chi connectivity index (χ2v) is 10.8. The van der Waals surface area contributed by atoms with Gasteiger partial charge in [0.2, 0.25) is 0 Å². The van der Waals surface area contributed by atoms with Gasteiger partial charge in [-0.15, -0.1) is 11.3 Å². The Bertz CT molecular complexity index is 808. The third-order valence-electron chi connectivity index (χ3n) is 6.94. The molecule has 1 aliphatic heterocycles. The molecule has 156 valence electrons. The Balaban J connectivity index is 1.29. The Morgan fingerprint density at radius 3 is 2.52 bits per heavy atom. The number of hydrogen-bond acceptors (Lipinski definition) is 3. The maximum atomic E-state index is 12.6. The van der Waals surface area contributed by atoms with Gasteiger partial charge >= 0.3 is 0 Å². The van der Waals surface area contributed by atoms with Gasteiger partial charge in [-0.3, -0.25) is 4.79 Å². The molecule has 3 atom stereocenters. The number of carbonyl (C=O) groups is 1. The lowest BCUT2D eigenvalue weighted by Crippen LogP contribution is -2.28. The molecule has 1 aromatic heterocycles. The average Bonchev–Trinajstić information content (AvgIpc) is 3.38. The van der Waals surface area contributed by atoms with E-state index < -0.39 is 0 Å². The third-order valence-corrected chi connectivity index (χ3v) is 8.41. The summed E-state index contributed by atoms with van der Waals surface area (Å²) in [5, 5.41) is 3.38. The summed E-state index contributed by atoms with van der Waals surface area (Å²) in [5.74, 6) is 2.89. The van der Waals surface area contributed by atoms with E-state index >= 15 is 0 Å². The Morgan fingerprint density at radius 1 is 1.07 bits per heavy atom. The van der Waals surface area contributed by atoms with Crippen LogP contribution in [0.2, 0.25) is 4.34 Å². The number of carbonyl (C=O) groups excluding carboxylic acids is 1. The first-order valence-electron chi connectivity index (χ1n) is 11.2. The van der Waals surface area contributed by atoms with Crippen molar-refractivity contribution in [2.45, 2.75) is 63.7 Å². The maximum Gasteiger partial charge on any atom is 0.163 e. The van der Waals surface area contributed by atoms with Crippen molar-refractivity contribution in [2.75, 3.05) is 13.1 Å². The van der Waals surface area contributed by atoms with Crippen LogP contribution in [-0.4, -0.2) is 18.9 Å². The molecule has 2 heterocycles. The van der Waals surface area contributed by atoms with Gasteiger partial charge in [-0.2, -0.15) is 0 Å². The fourth-order valence-corrected chi connectivity index (χ4v) is 6.33. The second-order valence-electron chi connectivity index (χ2n) is 9.10. The molecule has 1 unspecified atom stereocenters. The molecule has 1 N–H and O–H groups in total. The molecule has 1 aromatic carbocycles. The standard InChI is InChI=1S/C25H32ClNOS/c1-17(24-8-9-25(26)29-24)14-19-2-3-22(15-19)20-4-6-21(7-5-20)23(28)16-18-10-12-27-13-11-18/h4-9,17-19,22,27H,2-3,10-16H2,1H3/t17-,19?,22-/m0/s1. The van der Waals surface area contributed by atoms with Crippen molar-refractivity contribution in [1.29, 1.82) is 0 Å². The zero-order chi connectivity index (χ0) is 20.2. The van der Waals surface area contributed by atoms with Crippen LogP contribution in [0.25, 0.3) is 0 Å². The van der Waals surface area contributed by atoms with E-state index in [1.807, 2.05) is 6.07 Å². The summed E-state index contributed by atoms with van der Waals surface area (Å²) >= 11 is 7.83. The fraction of sp³-hybridized carbons (Fsp3) is 0.560. The van der Waals surface area contributed by atoms with Crippen LogP contribution in [0.4, 0.5) is 0 Å². The van der Waals surface area contributed by atoms with Crippen LogP contribution < -0.4 is 5.32 Å². The van der Waals surface area contributed by atoms with E-state index in [0.717, 1.165) is 41.7 Å². The van der Waals surface area contributed by atoms with Crippen molar-refractivity contribution >= 4 is 28.7 Å². The summed E-state index contributed by atoms with van der Waals surface area (Å²) in [7, 11) is 0. The number of ketones is 1. The van der Waals surface area contributed by atoms with Crippen molar-refractivity contribution in [1.82, 2.24) is 5.32 Å². The molecule has 0 radical (unpaired) electrons. The monoisotopic (exact) mass is 429 g/mol. The first kappa shape index (κ1) is 21.1. The molecule has 0 spiro atoms. The smallest absolute Gasteiger partial charge is 0.163 e. The molecule has 29 heavy (non-hydrogen) atoms. The van der Waals surface area contributed by atoms with E-state index in [2.05, 4.69) is 42.6 Å². The highest BCUT2D eigenvalue weighted by Crippen LogP contribution is 2.43. The van der Waals surface area contributed by atoms with Crippen molar-refractivity contribution in [3.05, 3.63) is 56.7 Å². The predicted octanol–water partition coefficient (Wildman–Crippen LogP) is 7.05. The van der Waals surface area contributed by atoms with Crippen LogP contribution in [0.3, 0.4) is 0 Å². The zero-order valence-corrected chi connectivity index (χ0v) is 18.9. The van der Waals surface area contributed by atoms with E-state index in [4.69, 9.17) is 11.6 Å². The number of benzene rings is 1. The first-order valence-corrected chi connectivity index (χ1v) is 12.4. The highest BCUT2D eigenvalue weighted by Gasteiger charge is 2.28. The zero-order valence-electron chi connectivity index (χ0n) is 17.3. The van der Waals surface area contributed by atoms with Crippen LogP contribution >= 0.6 is 22.9 Å². The molecule has 1 saturated carbocycles. The minimum absolute atomic E-state index is 0.316. The molecular weight excluding hydrogens is 398 g/mol. The normalized spacial score (nSPS) is 23.9. The van der Waals surface area contributed by atoms with Gasteiger partial charge in [-0.25, -0.2) is 0 Å². The Labute approximate surface area is 184 Å². The number of nitrogens with one attached hydrogen (secondary N) is 1. The summed E-state index contributed by atoms with van der Waals surface area (Å²) < 4.78 is 0.894. The molecule has 2 nitrogen and oxygen atoms in total. The van der Waals surface area contributed by atoms with Crippen molar-refractivity contribution in [2.24, 2.45) is 11.8 Å². The van der Waals surface area contributed by atoms with E-state index in [1.54, 1.807) is 11.3 Å². The van der Waals surface area contributed by atoms with Crippen LogP contribution in [0.1, 0.15) is 84.5 Å². The summed E-state index contributed by atoms with van der Waals surface area (Å²) in [4.78, 5) is 14.0. The van der Waals surface area contributed by atoms with Gasteiger partial charge in [0.25, 0.3) is 0 Å². The molecule has 1 saturated heterocycles. The van der Waals surface area contributed by atoms with Gasteiger partial charge in [-0.1, -0.05) is 42.8 Å². The van der Waals surface area contributed by atoms with Gasteiger partial charge in [0, 0.05) is 16.9 Å². The maximum absolute atomic E-state index is 12.6. The summed E-state index contributed by atoms with van der Waals surface area (Å²) in [5.41, 5.74) is 2.31. The Kier molecular flexibility index (Phi) is 7.10. The number of piperidine rings is 1. The Hall–Kier alpha value is -1.16. The summed E-state index contributed by atoms with van der Waals surface area (Å²) in [6.07, 6.45) is 8.06. The first-order chi connectivity index (χ1) is 14.1. The van der Waals surface area contributed by atoms with Gasteiger partial charge in [0.15, 0.2) is 5.78 Å². The van der Waals surface area contributed by atoms with E-state index in [-0.39, 0.29) is 0 Å². The molecule has 4 heteroatoms. The molecule has 2 aliphatic rings. The van der Waals surface area contributed by atoms with Crippen LogP contribution in [0, 0.1) is 11.8 Å². The molecule has 2 fully saturated rings. The third kappa shape index (κ3) is 5.51. The lowest BCUT2D eigenvalue weighted by atomic mass is 9.89. The lowest BCUT2D eigenvalue weighted by molar-refractivity contribution is 0.0952. The molecular formula is C25H32ClNOS. The second kappa shape index (κ2) is 9.76. The number of hydrogen-bond donors (Lipinski definition) is 1. The van der Waals surface area contributed by atoms with E-state index in [9.17, 15) is 4.79 Å². The lowest BCUT2D eigenvalue weighted by Gasteiger charge is -2.21. The summed E-state index contributed by atoms with van der Waals surface area (Å²) in [6.45, 7) is 4.44. The largest absolute Gasteiger partial charge is 0.317 e. The fourth-order valence-electron chi connectivity index (χ4n) is 5.21. The molecule has 2 aromatic rings. The highest BCUT2D eigenvalue weighted by molar-refractivity contribution is 7.16. The van der Waals surface area contributed by atoms with Crippen LogP contribution in [0.15, 0.2) is 36.4 Å². The minimum Gasteiger partial charge on any atom is -0.317 e. The number of thiophene rings is 1. The Morgan fingerprint density at radius 2 is 1.83 bits per heavy atom. The highest BCUT2D eigenvalue weighted by atomic mass is 35.5. The molecule has 4 rings (SSSR count). The number of rotatable bonds is 7. The number of halogens is 1. The van der Waals surface area contributed by atoms with Gasteiger partial charge in [-0.05, 0) is 93.0 Å². The molecule has 0 amide bonds. The molecule has 1 aliphatic carbocycles. The van der Waals surface area contributed by atoms with Crippen molar-refractivity contribution in [3.63, 3.8) is 0 Å². The van der Waals surface area contributed by atoms with E-state index in [0.29, 0.717) is 30.0 Å². The van der Waals surface area contributed by atoms with Crippen molar-refractivity contribution in [3.8, 4) is 0 Å². The van der Waals surface area contributed by atoms with Crippen LogP contribution in [-0.2, 0) is 0 Å². The van der Waals surface area contributed by atoms with Crippen LogP contribution in [0.5, 0.6) is 0 Å².